The Labute approximate surface area is 167 Å². The molecule has 1 aliphatic carbocycles. The third-order valence-corrected chi connectivity index (χ3v) is 4.71. The van der Waals surface area contributed by atoms with Crippen molar-refractivity contribution in [2.75, 3.05) is 0 Å². The van der Waals surface area contributed by atoms with Crippen LogP contribution in [0.15, 0.2) is 66.4 Å². The summed E-state index contributed by atoms with van der Waals surface area (Å²) in [5.74, 6) is -0.348. The Morgan fingerprint density at radius 1 is 1.18 bits per heavy atom. The number of halogens is 1. The predicted molar refractivity (Wildman–Crippen MR) is 109 cm³/mol. The fourth-order valence-electron chi connectivity index (χ4n) is 2.83. The minimum atomic E-state index is -0.348. The van der Waals surface area contributed by atoms with E-state index in [1.807, 2.05) is 54.7 Å². The fraction of sp³-hybridized carbons (Fsp3) is 0.136. The van der Waals surface area contributed by atoms with Crippen LogP contribution in [0.4, 0.5) is 0 Å². The molecule has 0 saturated heterocycles. The minimum Gasteiger partial charge on any atom is -0.349 e. The summed E-state index contributed by atoms with van der Waals surface area (Å²) in [6.45, 7) is 0. The van der Waals surface area contributed by atoms with Gasteiger partial charge in [0, 0.05) is 28.4 Å². The quantitative estimate of drug-likeness (QED) is 0.521. The molecule has 3 aromatic rings. The Balaban J connectivity index is 1.78. The van der Waals surface area contributed by atoms with Crippen molar-refractivity contribution in [1.29, 1.82) is 5.26 Å². The molecule has 1 fully saturated rings. The molecule has 1 amide bonds. The molecule has 5 nitrogen and oxygen atoms in total. The van der Waals surface area contributed by atoms with E-state index in [4.69, 9.17) is 11.6 Å². The highest BCUT2D eigenvalue weighted by atomic mass is 35.5. The maximum atomic E-state index is 12.4. The van der Waals surface area contributed by atoms with Gasteiger partial charge in [-0.1, -0.05) is 41.9 Å². The molecular formula is C22H17ClN4O. The molecule has 138 valence electrons. The number of amides is 1. The monoisotopic (exact) mass is 388 g/mol. The van der Waals surface area contributed by atoms with Gasteiger partial charge in [0.25, 0.3) is 5.91 Å². The molecule has 0 atom stereocenters. The maximum absolute atomic E-state index is 12.4. The number of aromatic nitrogens is 2. The average Bonchev–Trinajstić information content (AvgIpc) is 3.43. The lowest BCUT2D eigenvalue weighted by atomic mass is 10.1. The van der Waals surface area contributed by atoms with Crippen LogP contribution in [0.1, 0.15) is 18.4 Å². The summed E-state index contributed by atoms with van der Waals surface area (Å²) in [5.41, 5.74) is 3.17. The highest BCUT2D eigenvalue weighted by molar-refractivity contribution is 6.30. The minimum absolute atomic E-state index is 0.0646. The lowest BCUT2D eigenvalue weighted by molar-refractivity contribution is -0.117. The van der Waals surface area contributed by atoms with Gasteiger partial charge in [0.1, 0.15) is 11.6 Å². The molecule has 0 unspecified atom stereocenters. The fourth-order valence-corrected chi connectivity index (χ4v) is 2.96. The summed E-state index contributed by atoms with van der Waals surface area (Å²) in [4.78, 5) is 12.4. The van der Waals surface area contributed by atoms with E-state index in [2.05, 4.69) is 10.4 Å². The number of carbonyl (C=O) groups is 1. The second kappa shape index (κ2) is 7.71. The molecule has 0 radical (unpaired) electrons. The lowest BCUT2D eigenvalue weighted by Crippen LogP contribution is -2.26. The van der Waals surface area contributed by atoms with E-state index in [-0.39, 0.29) is 17.5 Å². The molecule has 1 N–H and O–H groups in total. The normalized spacial score (nSPS) is 13.8. The van der Waals surface area contributed by atoms with Crippen molar-refractivity contribution in [1.82, 2.24) is 15.1 Å². The van der Waals surface area contributed by atoms with Gasteiger partial charge >= 0.3 is 0 Å². The summed E-state index contributed by atoms with van der Waals surface area (Å²) < 4.78 is 1.74. The molecule has 0 aliphatic heterocycles. The zero-order valence-electron chi connectivity index (χ0n) is 15.0. The van der Waals surface area contributed by atoms with Crippen LogP contribution in [0.25, 0.3) is 23.0 Å². The Bertz CT molecular complexity index is 1070. The smallest absolute Gasteiger partial charge is 0.262 e. The first-order valence-electron chi connectivity index (χ1n) is 8.98. The van der Waals surface area contributed by atoms with Crippen molar-refractivity contribution in [3.8, 4) is 23.0 Å². The van der Waals surface area contributed by atoms with Crippen LogP contribution in [-0.4, -0.2) is 21.7 Å². The standard InChI is InChI=1S/C22H17ClN4O/c23-18-8-6-15(7-9-18)21-17(12-16(13-24)22(28)25-19-10-11-19)14-27(26-21)20-4-2-1-3-5-20/h1-9,12,14,19H,10-11H2,(H,25,28)/b16-12+. The van der Waals surface area contributed by atoms with E-state index in [0.29, 0.717) is 16.3 Å². The number of rotatable bonds is 5. The van der Waals surface area contributed by atoms with Crippen LogP contribution in [0, 0.1) is 11.3 Å². The van der Waals surface area contributed by atoms with Gasteiger partial charge in [-0.2, -0.15) is 10.4 Å². The molecule has 2 aromatic carbocycles. The summed E-state index contributed by atoms with van der Waals surface area (Å²) >= 11 is 6.01. The van der Waals surface area contributed by atoms with Gasteiger partial charge in [0.15, 0.2) is 0 Å². The first-order valence-corrected chi connectivity index (χ1v) is 9.35. The van der Waals surface area contributed by atoms with Crippen LogP contribution in [0.2, 0.25) is 5.02 Å². The molecule has 1 aliphatic rings. The van der Waals surface area contributed by atoms with E-state index < -0.39 is 0 Å². The number of para-hydroxylation sites is 1. The van der Waals surface area contributed by atoms with Crippen molar-refractivity contribution in [2.24, 2.45) is 0 Å². The number of nitrogens with zero attached hydrogens (tertiary/aromatic N) is 3. The zero-order valence-corrected chi connectivity index (χ0v) is 15.7. The van der Waals surface area contributed by atoms with Crippen molar-refractivity contribution < 1.29 is 4.79 Å². The molecule has 1 heterocycles. The second-order valence-corrected chi connectivity index (χ2v) is 7.07. The summed E-state index contributed by atoms with van der Waals surface area (Å²) in [6.07, 6.45) is 5.34. The van der Waals surface area contributed by atoms with Gasteiger partial charge in [0.2, 0.25) is 0 Å². The van der Waals surface area contributed by atoms with Gasteiger partial charge in [0.05, 0.1) is 11.4 Å². The molecule has 1 saturated carbocycles. The SMILES string of the molecule is N#C/C(=C\c1cn(-c2ccccc2)nc1-c1ccc(Cl)cc1)C(=O)NC1CC1. The molecule has 6 heteroatoms. The number of hydrogen-bond donors (Lipinski definition) is 1. The first kappa shape index (κ1) is 18.0. The van der Waals surface area contributed by atoms with E-state index in [1.165, 1.54) is 0 Å². The maximum Gasteiger partial charge on any atom is 0.262 e. The first-order chi connectivity index (χ1) is 13.6. The van der Waals surface area contributed by atoms with Gasteiger partial charge in [-0.25, -0.2) is 4.68 Å². The van der Waals surface area contributed by atoms with Crippen LogP contribution < -0.4 is 5.32 Å². The Morgan fingerprint density at radius 2 is 1.89 bits per heavy atom. The van der Waals surface area contributed by atoms with Crippen molar-refractivity contribution in [2.45, 2.75) is 18.9 Å². The largest absolute Gasteiger partial charge is 0.349 e. The number of nitrogens with one attached hydrogen (secondary N) is 1. The summed E-state index contributed by atoms with van der Waals surface area (Å²) in [5, 5.41) is 17.7. The zero-order chi connectivity index (χ0) is 19.5. The van der Waals surface area contributed by atoms with Crippen LogP contribution in [0.3, 0.4) is 0 Å². The van der Waals surface area contributed by atoms with Crippen molar-refractivity contribution in [3.63, 3.8) is 0 Å². The van der Waals surface area contributed by atoms with Crippen molar-refractivity contribution >= 4 is 23.6 Å². The molecule has 0 spiro atoms. The third kappa shape index (κ3) is 3.98. The molecule has 4 rings (SSSR count). The predicted octanol–water partition coefficient (Wildman–Crippen LogP) is 4.38. The number of hydrogen-bond acceptors (Lipinski definition) is 3. The van der Waals surface area contributed by atoms with Gasteiger partial charge < -0.3 is 5.32 Å². The highest BCUT2D eigenvalue weighted by Gasteiger charge is 2.25. The highest BCUT2D eigenvalue weighted by Crippen LogP contribution is 2.27. The Morgan fingerprint density at radius 3 is 2.54 bits per heavy atom. The number of carbonyl (C=O) groups excluding carboxylic acids is 1. The van der Waals surface area contributed by atoms with E-state index in [0.717, 1.165) is 24.1 Å². The average molecular weight is 389 g/mol. The Kier molecular flexibility index (Phi) is 4.96. The topological polar surface area (TPSA) is 70.7 Å². The van der Waals surface area contributed by atoms with Gasteiger partial charge in [-0.3, -0.25) is 4.79 Å². The summed E-state index contributed by atoms with van der Waals surface area (Å²) in [7, 11) is 0. The third-order valence-electron chi connectivity index (χ3n) is 4.46. The molecule has 28 heavy (non-hydrogen) atoms. The van der Waals surface area contributed by atoms with Crippen LogP contribution in [0.5, 0.6) is 0 Å². The Hall–Kier alpha value is -3.36. The lowest BCUT2D eigenvalue weighted by Gasteiger charge is -2.02. The van der Waals surface area contributed by atoms with E-state index in [1.54, 1.807) is 22.9 Å². The van der Waals surface area contributed by atoms with Crippen LogP contribution >= 0.6 is 11.6 Å². The molecule has 1 aromatic heterocycles. The van der Waals surface area contributed by atoms with E-state index in [9.17, 15) is 10.1 Å². The van der Waals surface area contributed by atoms with Gasteiger partial charge in [-0.15, -0.1) is 0 Å². The number of benzene rings is 2. The van der Waals surface area contributed by atoms with Crippen LogP contribution in [-0.2, 0) is 4.79 Å². The van der Waals surface area contributed by atoms with Crippen molar-refractivity contribution in [3.05, 3.63) is 77.0 Å². The molecular weight excluding hydrogens is 372 g/mol. The second-order valence-electron chi connectivity index (χ2n) is 6.64. The molecule has 0 bridgehead atoms. The summed E-state index contributed by atoms with van der Waals surface area (Å²) in [6, 6.07) is 19.2. The van der Waals surface area contributed by atoms with Gasteiger partial charge in [-0.05, 0) is 43.2 Å². The van der Waals surface area contributed by atoms with E-state index >= 15 is 0 Å². The number of nitriles is 1.